The van der Waals surface area contributed by atoms with Crippen LogP contribution >= 0.6 is 0 Å². The SMILES string of the molecule is Cc1cccc(C(=O)Nc2ccnc(N(C)CCCN(C)Cc3cccc(O)c3)c2)c1.O=C(O)C(F)(F)F.O=C(O)C(F)(F)F. The molecule has 0 aliphatic carbocycles. The largest absolute Gasteiger partial charge is 0.508 e. The molecule has 3 rings (SSSR count). The second-order valence-corrected chi connectivity index (χ2v) is 9.51. The van der Waals surface area contributed by atoms with Gasteiger partial charge in [-0.3, -0.25) is 4.79 Å². The van der Waals surface area contributed by atoms with Gasteiger partial charge in [0.2, 0.25) is 0 Å². The van der Waals surface area contributed by atoms with Crippen LogP contribution in [0, 0.1) is 6.92 Å². The number of alkyl halides is 6. The molecule has 0 radical (unpaired) electrons. The maximum Gasteiger partial charge on any atom is 0.490 e. The number of nitrogens with one attached hydrogen (secondary N) is 1. The van der Waals surface area contributed by atoms with Crippen LogP contribution in [0.5, 0.6) is 5.75 Å². The topological polar surface area (TPSA) is 143 Å². The molecule has 2 aromatic carbocycles. The van der Waals surface area contributed by atoms with Crippen LogP contribution in [0.2, 0.25) is 0 Å². The Morgan fingerprint density at radius 1 is 0.844 bits per heavy atom. The van der Waals surface area contributed by atoms with Gasteiger partial charge >= 0.3 is 24.3 Å². The number of carboxylic acids is 2. The second-order valence-electron chi connectivity index (χ2n) is 9.51. The van der Waals surface area contributed by atoms with Crippen LogP contribution < -0.4 is 10.2 Å². The van der Waals surface area contributed by atoms with Crippen molar-refractivity contribution in [1.29, 1.82) is 0 Å². The highest BCUT2D eigenvalue weighted by Gasteiger charge is 2.38. The van der Waals surface area contributed by atoms with Crippen LogP contribution in [0.3, 0.4) is 0 Å². The van der Waals surface area contributed by atoms with Crippen molar-refractivity contribution in [2.75, 3.05) is 37.4 Å². The Kier molecular flexibility index (Phi) is 14.8. The Balaban J connectivity index is 0.000000601. The lowest BCUT2D eigenvalue weighted by Gasteiger charge is -2.21. The van der Waals surface area contributed by atoms with E-state index in [-0.39, 0.29) is 5.91 Å². The van der Waals surface area contributed by atoms with Crippen LogP contribution in [0.1, 0.15) is 27.9 Å². The number of amides is 1. The fraction of sp³-hybridized carbons (Fsp3) is 0.310. The van der Waals surface area contributed by atoms with E-state index in [0.29, 0.717) is 11.3 Å². The molecule has 10 nitrogen and oxygen atoms in total. The minimum absolute atomic E-state index is 0.128. The van der Waals surface area contributed by atoms with E-state index >= 15 is 0 Å². The lowest BCUT2D eigenvalue weighted by molar-refractivity contribution is -0.193. The number of aryl methyl sites for hydroxylation is 1. The van der Waals surface area contributed by atoms with E-state index in [9.17, 15) is 36.2 Å². The van der Waals surface area contributed by atoms with Gasteiger partial charge in [0.1, 0.15) is 11.6 Å². The fourth-order valence-electron chi connectivity index (χ4n) is 3.43. The predicted octanol–water partition coefficient (Wildman–Crippen LogP) is 5.57. The van der Waals surface area contributed by atoms with Crippen molar-refractivity contribution >= 4 is 29.4 Å². The minimum Gasteiger partial charge on any atom is -0.508 e. The summed E-state index contributed by atoms with van der Waals surface area (Å²) in [6.45, 7) is 4.52. The zero-order chi connectivity index (χ0) is 34.4. The van der Waals surface area contributed by atoms with E-state index in [1.807, 2.05) is 56.4 Å². The third-order valence-corrected chi connectivity index (χ3v) is 5.56. The standard InChI is InChI=1S/C25H30N4O2.2C2HF3O2/c1-19-7-4-9-21(15-19)25(31)27-22-11-12-26-24(17-22)29(3)14-6-13-28(2)18-20-8-5-10-23(30)16-20;2*3-2(4,5)1(6)7/h4-5,7-12,15-17,30H,6,13-14,18H2,1-3H3,(H,26,27,31);2*(H,6,7). The number of rotatable bonds is 9. The Morgan fingerprint density at radius 3 is 1.96 bits per heavy atom. The molecule has 0 saturated carbocycles. The van der Waals surface area contributed by atoms with Crippen LogP contribution in [0.15, 0.2) is 66.9 Å². The summed E-state index contributed by atoms with van der Waals surface area (Å²) in [6, 6.07) is 18.6. The van der Waals surface area contributed by atoms with Crippen LogP contribution in [-0.2, 0) is 16.1 Å². The molecule has 0 spiro atoms. The van der Waals surface area contributed by atoms with E-state index < -0.39 is 24.3 Å². The van der Waals surface area contributed by atoms with Gasteiger partial charge in [0, 0.05) is 43.7 Å². The Hall–Kier alpha value is -4.86. The average molecular weight is 647 g/mol. The quantitative estimate of drug-likeness (QED) is 0.219. The Morgan fingerprint density at radius 2 is 1.42 bits per heavy atom. The molecule has 16 heteroatoms. The molecular weight excluding hydrogens is 614 g/mol. The highest BCUT2D eigenvalue weighted by Crippen LogP contribution is 2.18. The van der Waals surface area contributed by atoms with E-state index in [2.05, 4.69) is 27.1 Å². The molecular formula is C29H32F6N4O6. The molecule has 45 heavy (non-hydrogen) atoms. The lowest BCUT2D eigenvalue weighted by atomic mass is 10.1. The number of phenolic OH excluding ortho intramolecular Hbond substituents is 1. The first kappa shape index (κ1) is 38.2. The summed E-state index contributed by atoms with van der Waals surface area (Å²) in [4.78, 5) is 39.1. The number of carbonyl (C=O) groups excluding carboxylic acids is 1. The van der Waals surface area contributed by atoms with Crippen LogP contribution in [-0.4, -0.2) is 82.6 Å². The molecule has 3 aromatic rings. The van der Waals surface area contributed by atoms with Crippen molar-refractivity contribution in [3.8, 4) is 5.75 Å². The Bertz CT molecular complexity index is 1390. The van der Waals surface area contributed by atoms with Gasteiger partial charge in [0.15, 0.2) is 0 Å². The van der Waals surface area contributed by atoms with Gasteiger partial charge in [-0.1, -0.05) is 29.8 Å². The van der Waals surface area contributed by atoms with E-state index in [4.69, 9.17) is 19.8 Å². The first-order valence-corrected chi connectivity index (χ1v) is 12.9. The first-order valence-electron chi connectivity index (χ1n) is 12.9. The van der Waals surface area contributed by atoms with Gasteiger partial charge in [-0.15, -0.1) is 0 Å². The molecule has 0 aliphatic rings. The van der Waals surface area contributed by atoms with E-state index in [1.165, 1.54) is 0 Å². The fourth-order valence-corrected chi connectivity index (χ4v) is 3.43. The Labute approximate surface area is 254 Å². The normalized spacial score (nSPS) is 11.0. The number of hydrogen-bond acceptors (Lipinski definition) is 7. The van der Waals surface area contributed by atoms with E-state index in [1.54, 1.807) is 24.4 Å². The van der Waals surface area contributed by atoms with Crippen molar-refractivity contribution in [1.82, 2.24) is 9.88 Å². The van der Waals surface area contributed by atoms with Gasteiger partial charge in [-0.2, -0.15) is 26.3 Å². The summed E-state index contributed by atoms with van der Waals surface area (Å²) in [5.74, 6) is -4.53. The van der Waals surface area contributed by atoms with Gasteiger partial charge in [0.25, 0.3) is 5.91 Å². The number of aliphatic carboxylic acids is 2. The van der Waals surface area contributed by atoms with Crippen molar-refractivity contribution in [3.05, 3.63) is 83.6 Å². The molecule has 4 N–H and O–H groups in total. The molecule has 1 amide bonds. The van der Waals surface area contributed by atoms with Gasteiger partial charge in [-0.25, -0.2) is 14.6 Å². The molecule has 0 bridgehead atoms. The average Bonchev–Trinajstić information content (AvgIpc) is 2.93. The summed E-state index contributed by atoms with van der Waals surface area (Å²) < 4.78 is 63.5. The predicted molar refractivity (Wildman–Crippen MR) is 153 cm³/mol. The number of aromatic nitrogens is 1. The lowest BCUT2D eigenvalue weighted by Crippen LogP contribution is -2.26. The highest BCUT2D eigenvalue weighted by atomic mass is 19.4. The number of phenols is 1. The number of anilines is 2. The van der Waals surface area contributed by atoms with Gasteiger partial charge < -0.3 is 30.4 Å². The summed E-state index contributed by atoms with van der Waals surface area (Å²) in [5.41, 5.74) is 3.51. The summed E-state index contributed by atoms with van der Waals surface area (Å²) in [6.07, 6.45) is -7.49. The van der Waals surface area contributed by atoms with Crippen LogP contribution in [0.4, 0.5) is 37.8 Å². The number of hydrogen-bond donors (Lipinski definition) is 4. The minimum atomic E-state index is -5.08. The molecule has 0 aliphatic heterocycles. The highest BCUT2D eigenvalue weighted by molar-refractivity contribution is 6.04. The molecule has 1 heterocycles. The van der Waals surface area contributed by atoms with Crippen LogP contribution in [0.25, 0.3) is 0 Å². The number of pyridine rings is 1. The number of carboxylic acid groups (broad SMARTS) is 2. The number of nitrogens with zero attached hydrogens (tertiary/aromatic N) is 3. The zero-order valence-electron chi connectivity index (χ0n) is 24.4. The third-order valence-electron chi connectivity index (χ3n) is 5.56. The van der Waals surface area contributed by atoms with E-state index in [0.717, 1.165) is 48.7 Å². The third kappa shape index (κ3) is 15.4. The number of benzene rings is 2. The first-order chi connectivity index (χ1) is 20.8. The molecule has 246 valence electrons. The molecule has 0 atom stereocenters. The summed E-state index contributed by atoms with van der Waals surface area (Å²) >= 11 is 0. The second kappa shape index (κ2) is 17.4. The van der Waals surface area contributed by atoms with Gasteiger partial charge in [-0.05, 0) is 62.8 Å². The number of halogens is 6. The smallest absolute Gasteiger partial charge is 0.490 e. The van der Waals surface area contributed by atoms with Crippen molar-refractivity contribution in [2.24, 2.45) is 0 Å². The number of carbonyl (C=O) groups is 3. The maximum atomic E-state index is 12.5. The van der Waals surface area contributed by atoms with Crippen molar-refractivity contribution in [2.45, 2.75) is 32.2 Å². The molecule has 1 aromatic heterocycles. The molecule has 0 unspecified atom stereocenters. The van der Waals surface area contributed by atoms with Crippen molar-refractivity contribution < 1.29 is 56.0 Å². The molecule has 0 saturated heterocycles. The molecule has 0 fully saturated rings. The van der Waals surface area contributed by atoms with Gasteiger partial charge in [0.05, 0.1) is 0 Å². The zero-order valence-corrected chi connectivity index (χ0v) is 24.4. The van der Waals surface area contributed by atoms with Crippen molar-refractivity contribution in [3.63, 3.8) is 0 Å². The summed E-state index contributed by atoms with van der Waals surface area (Å²) in [5, 5.41) is 26.8. The summed E-state index contributed by atoms with van der Waals surface area (Å²) in [7, 11) is 4.08. The maximum absolute atomic E-state index is 12.5. The number of aromatic hydroxyl groups is 1. The monoisotopic (exact) mass is 646 g/mol.